The molecule has 0 aliphatic rings. The molecule has 0 fully saturated rings. The van der Waals surface area contributed by atoms with Crippen molar-refractivity contribution in [3.63, 3.8) is 0 Å². The largest absolute Gasteiger partial charge is 0.449 e. The Morgan fingerprint density at radius 3 is 2.34 bits per heavy atom. The Labute approximate surface area is 174 Å². The van der Waals surface area contributed by atoms with Crippen LogP contribution in [0.1, 0.15) is 11.1 Å². The van der Waals surface area contributed by atoms with Crippen LogP contribution in [0.5, 0.6) is 0 Å². The van der Waals surface area contributed by atoms with Crippen LogP contribution >= 0.6 is 11.6 Å². The maximum absolute atomic E-state index is 13.1. The van der Waals surface area contributed by atoms with Crippen LogP contribution in [0.25, 0.3) is 11.1 Å². The quantitative estimate of drug-likeness (QED) is 0.450. The average molecular weight is 425 g/mol. The molecule has 4 aromatic rings. The summed E-state index contributed by atoms with van der Waals surface area (Å²) in [6.45, 7) is 0. The lowest BCUT2D eigenvalue weighted by atomic mass is 10.0. The number of rotatable bonds is 6. The first-order valence-corrected chi connectivity index (χ1v) is 10.7. The number of anilines is 1. The minimum Gasteiger partial charge on any atom is -0.449 e. The fourth-order valence-electron chi connectivity index (χ4n) is 3.04. The number of nitrogens with one attached hydrogen (secondary N) is 1. The number of nitrogens with zero attached hydrogens (tertiary/aromatic N) is 1. The highest BCUT2D eigenvalue weighted by atomic mass is 35.5. The average Bonchev–Trinajstić information content (AvgIpc) is 3.22. The lowest BCUT2D eigenvalue weighted by molar-refractivity contribution is 0.558. The minimum absolute atomic E-state index is 0.132. The molecule has 0 bridgehead atoms. The molecule has 0 saturated carbocycles. The van der Waals surface area contributed by atoms with Crippen LogP contribution in [0.3, 0.4) is 0 Å². The zero-order chi connectivity index (χ0) is 20.3. The Morgan fingerprint density at radius 2 is 1.66 bits per heavy atom. The molecule has 0 saturated heterocycles. The Hall–Kier alpha value is -3.09. The van der Waals surface area contributed by atoms with Gasteiger partial charge in [0.2, 0.25) is 0 Å². The van der Waals surface area contributed by atoms with Crippen molar-refractivity contribution < 1.29 is 12.8 Å². The van der Waals surface area contributed by atoms with Crippen molar-refractivity contribution >= 4 is 27.4 Å². The fraction of sp³-hybridized carbons (Fsp3) is 0.0455. The van der Waals surface area contributed by atoms with Crippen LogP contribution in [0.2, 0.25) is 5.02 Å². The van der Waals surface area contributed by atoms with Crippen LogP contribution in [0.15, 0.2) is 94.8 Å². The number of aromatic nitrogens is 1. The molecule has 1 aromatic heterocycles. The molecule has 0 aliphatic carbocycles. The Bertz CT molecular complexity index is 1210. The monoisotopic (exact) mass is 424 g/mol. The summed E-state index contributed by atoms with van der Waals surface area (Å²) in [7, 11) is -3.87. The second-order valence-electron chi connectivity index (χ2n) is 6.47. The molecule has 4 rings (SSSR count). The number of halogens is 1. The van der Waals surface area contributed by atoms with E-state index in [1.807, 2.05) is 54.6 Å². The van der Waals surface area contributed by atoms with Crippen LogP contribution in [-0.4, -0.2) is 13.4 Å². The third-order valence-electron chi connectivity index (χ3n) is 4.44. The summed E-state index contributed by atoms with van der Waals surface area (Å²) in [5.74, 6) is 0.132. The molecule has 0 amide bonds. The highest BCUT2D eigenvalue weighted by Gasteiger charge is 2.21. The van der Waals surface area contributed by atoms with Crippen LogP contribution in [-0.2, 0) is 16.4 Å². The molecule has 0 unspecified atom stereocenters. The number of hydrogen-bond acceptors (Lipinski definition) is 4. The van der Waals surface area contributed by atoms with E-state index in [2.05, 4.69) is 9.71 Å². The van der Waals surface area contributed by atoms with Gasteiger partial charge in [0, 0.05) is 5.02 Å². The standard InChI is InChI=1S/C22H17ClN2O3S/c23-20-10-8-17(9-11-20)18-6-7-19(12-16-4-2-1-3-5-16)21(13-18)29(26,27)25-22-14-28-15-24-22/h1-11,13-15,25H,12H2. The molecular formula is C22H17ClN2O3S. The summed E-state index contributed by atoms with van der Waals surface area (Å²) in [5.41, 5.74) is 3.35. The number of hydrogen-bond donors (Lipinski definition) is 1. The summed E-state index contributed by atoms with van der Waals surface area (Å²) >= 11 is 5.98. The van der Waals surface area contributed by atoms with Crippen molar-refractivity contribution in [2.45, 2.75) is 11.3 Å². The van der Waals surface area contributed by atoms with Crippen LogP contribution in [0.4, 0.5) is 5.82 Å². The first-order chi connectivity index (χ1) is 14.0. The molecular weight excluding hydrogens is 408 g/mol. The Balaban J connectivity index is 1.79. The van der Waals surface area contributed by atoms with E-state index < -0.39 is 10.0 Å². The van der Waals surface area contributed by atoms with Gasteiger partial charge in [0.15, 0.2) is 12.2 Å². The second kappa shape index (κ2) is 8.11. The minimum atomic E-state index is -3.87. The maximum Gasteiger partial charge on any atom is 0.263 e. The van der Waals surface area contributed by atoms with Gasteiger partial charge in [-0.1, -0.05) is 66.2 Å². The Kier molecular flexibility index (Phi) is 5.38. The van der Waals surface area contributed by atoms with Gasteiger partial charge in [-0.05, 0) is 46.9 Å². The Morgan fingerprint density at radius 1 is 0.931 bits per heavy atom. The van der Waals surface area contributed by atoms with Crippen molar-refractivity contribution in [1.29, 1.82) is 0 Å². The lowest BCUT2D eigenvalue weighted by Crippen LogP contribution is -2.15. The molecule has 0 aliphatic heterocycles. The third-order valence-corrected chi connectivity index (χ3v) is 6.13. The summed E-state index contributed by atoms with van der Waals surface area (Å²) in [6, 6.07) is 22.4. The molecule has 0 radical (unpaired) electrons. The summed E-state index contributed by atoms with van der Waals surface area (Å²) in [5, 5.41) is 0.620. The molecule has 0 spiro atoms. The highest BCUT2D eigenvalue weighted by molar-refractivity contribution is 7.92. The van der Waals surface area contributed by atoms with Gasteiger partial charge in [-0.2, -0.15) is 4.98 Å². The van der Waals surface area contributed by atoms with Gasteiger partial charge in [-0.25, -0.2) is 8.42 Å². The fourth-order valence-corrected chi connectivity index (χ4v) is 4.42. The molecule has 146 valence electrons. The van der Waals surface area contributed by atoms with E-state index in [0.717, 1.165) is 16.7 Å². The predicted molar refractivity (Wildman–Crippen MR) is 113 cm³/mol. The van der Waals surface area contributed by atoms with Gasteiger partial charge in [-0.3, -0.25) is 4.72 Å². The molecule has 1 heterocycles. The number of sulfonamides is 1. The first-order valence-electron chi connectivity index (χ1n) is 8.85. The van der Waals surface area contributed by atoms with Gasteiger partial charge >= 0.3 is 0 Å². The molecule has 7 heteroatoms. The second-order valence-corrected chi connectivity index (χ2v) is 8.56. The van der Waals surface area contributed by atoms with Crippen molar-refractivity contribution in [3.05, 3.63) is 102 Å². The van der Waals surface area contributed by atoms with Crippen molar-refractivity contribution in [3.8, 4) is 11.1 Å². The van der Waals surface area contributed by atoms with Gasteiger partial charge < -0.3 is 4.42 Å². The van der Waals surface area contributed by atoms with Crippen LogP contribution in [0, 0.1) is 0 Å². The van der Waals surface area contributed by atoms with Crippen molar-refractivity contribution in [1.82, 2.24) is 4.98 Å². The molecule has 5 nitrogen and oxygen atoms in total. The normalized spacial score (nSPS) is 11.3. The molecule has 3 aromatic carbocycles. The van der Waals surface area contributed by atoms with E-state index in [1.165, 1.54) is 12.7 Å². The van der Waals surface area contributed by atoms with Crippen molar-refractivity contribution in [2.24, 2.45) is 0 Å². The zero-order valence-electron chi connectivity index (χ0n) is 15.2. The summed E-state index contributed by atoms with van der Waals surface area (Å²) in [4.78, 5) is 4.05. The van der Waals surface area contributed by atoms with Gasteiger partial charge in [0.1, 0.15) is 6.26 Å². The number of benzene rings is 3. The number of oxazole rings is 1. The SMILES string of the molecule is O=S(=O)(Nc1cocn1)c1cc(-c2ccc(Cl)cc2)ccc1Cc1ccccc1. The van der Waals surface area contributed by atoms with Gasteiger partial charge in [0.25, 0.3) is 10.0 Å². The van der Waals surface area contributed by atoms with E-state index in [9.17, 15) is 8.42 Å². The molecule has 29 heavy (non-hydrogen) atoms. The molecule has 1 N–H and O–H groups in total. The van der Waals surface area contributed by atoms with Crippen molar-refractivity contribution in [2.75, 3.05) is 4.72 Å². The zero-order valence-corrected chi connectivity index (χ0v) is 16.8. The van der Waals surface area contributed by atoms with E-state index >= 15 is 0 Å². The molecule has 0 atom stereocenters. The third kappa shape index (κ3) is 4.50. The van der Waals surface area contributed by atoms with Gasteiger partial charge in [-0.15, -0.1) is 0 Å². The summed E-state index contributed by atoms with van der Waals surface area (Å²) < 4.78 is 33.6. The smallest absolute Gasteiger partial charge is 0.263 e. The van der Waals surface area contributed by atoms with Crippen LogP contribution < -0.4 is 4.72 Å². The van der Waals surface area contributed by atoms with E-state index in [1.54, 1.807) is 18.2 Å². The van der Waals surface area contributed by atoms with Gasteiger partial charge in [0.05, 0.1) is 4.90 Å². The predicted octanol–water partition coefficient (Wildman–Crippen LogP) is 5.39. The van der Waals surface area contributed by atoms with E-state index in [0.29, 0.717) is 17.0 Å². The topological polar surface area (TPSA) is 72.2 Å². The summed E-state index contributed by atoms with van der Waals surface area (Å²) in [6.07, 6.45) is 2.90. The maximum atomic E-state index is 13.1. The van der Waals surface area contributed by atoms with E-state index in [4.69, 9.17) is 16.0 Å². The lowest BCUT2D eigenvalue weighted by Gasteiger charge is -2.13. The first kappa shape index (κ1) is 19.2. The van der Waals surface area contributed by atoms with E-state index in [-0.39, 0.29) is 10.7 Å². The highest BCUT2D eigenvalue weighted by Crippen LogP contribution is 2.29.